The Labute approximate surface area is 89.1 Å². The van der Waals surface area contributed by atoms with Crippen LogP contribution in [0.15, 0.2) is 30.6 Å². The molecule has 4 heteroatoms. The predicted octanol–water partition coefficient (Wildman–Crippen LogP) is 0.905. The first-order valence-corrected chi connectivity index (χ1v) is 5.21. The molecule has 0 fully saturated rings. The van der Waals surface area contributed by atoms with Gasteiger partial charge < -0.3 is 0 Å². The molecular weight excluding hydrogens is 237 g/mol. The Morgan fingerprint density at radius 3 is 3.00 bits per heavy atom. The van der Waals surface area contributed by atoms with E-state index in [0.29, 0.717) is 0 Å². The molecule has 0 atom stereocenters. The van der Waals surface area contributed by atoms with E-state index < -0.39 is 0 Å². The predicted molar refractivity (Wildman–Crippen MR) is 56.8 cm³/mol. The summed E-state index contributed by atoms with van der Waals surface area (Å²) in [6.45, 7) is 0. The molecule has 0 bridgehead atoms. The van der Waals surface area contributed by atoms with E-state index in [4.69, 9.17) is 0 Å². The molecule has 0 aliphatic rings. The van der Waals surface area contributed by atoms with E-state index in [2.05, 4.69) is 31.8 Å². The van der Waals surface area contributed by atoms with Crippen LogP contribution in [0.4, 0.5) is 0 Å². The zero-order valence-corrected chi connectivity index (χ0v) is 9.10. The second kappa shape index (κ2) is 2.82. The van der Waals surface area contributed by atoms with Crippen LogP contribution in [0, 0.1) is 0 Å². The number of hydrogen-bond donors (Lipinski definition) is 1. The second-order valence-electron chi connectivity index (χ2n) is 3.08. The van der Waals surface area contributed by atoms with E-state index in [9.17, 15) is 0 Å². The number of H-pyrrole nitrogens is 1. The van der Waals surface area contributed by atoms with Crippen molar-refractivity contribution in [1.29, 1.82) is 0 Å². The fourth-order valence-electron chi connectivity index (χ4n) is 1.61. The number of pyridine rings is 1. The molecule has 66 valence electrons. The van der Waals surface area contributed by atoms with Crippen molar-refractivity contribution in [1.82, 2.24) is 15.0 Å². The molecule has 1 aromatic carbocycles. The van der Waals surface area contributed by atoms with Crippen molar-refractivity contribution in [3.8, 4) is 0 Å². The number of para-hydroxylation sites is 1. The van der Waals surface area contributed by atoms with Gasteiger partial charge in [-0.2, -0.15) is 0 Å². The first kappa shape index (κ1) is 8.01. The first-order valence-electron chi connectivity index (χ1n) is 4.27. The summed E-state index contributed by atoms with van der Waals surface area (Å²) in [5, 5.41) is 1.10. The Hall–Kier alpha value is -1.34. The van der Waals surface area contributed by atoms with Crippen LogP contribution in [0.2, 0.25) is 0 Å². The van der Waals surface area contributed by atoms with Gasteiger partial charge in [0.1, 0.15) is 0 Å². The summed E-state index contributed by atoms with van der Waals surface area (Å²) >= 11 is 2.47. The number of benzene rings is 1. The van der Waals surface area contributed by atoms with Gasteiger partial charge in [0, 0.05) is 0 Å². The van der Waals surface area contributed by atoms with Crippen molar-refractivity contribution in [3.63, 3.8) is 0 Å². The molecule has 3 aromatic rings. The number of fused-ring (bicyclic) bond motifs is 3. The van der Waals surface area contributed by atoms with Gasteiger partial charge in [-0.05, 0) is 0 Å². The van der Waals surface area contributed by atoms with Crippen LogP contribution in [-0.2, 0) is 0 Å². The molecule has 1 N–H and O–H groups in total. The van der Waals surface area contributed by atoms with Crippen LogP contribution in [0.3, 0.4) is 0 Å². The van der Waals surface area contributed by atoms with Gasteiger partial charge in [0.15, 0.2) is 0 Å². The van der Waals surface area contributed by atoms with Gasteiger partial charge in [0.25, 0.3) is 0 Å². The average molecular weight is 243 g/mol. The molecule has 0 unspecified atom stereocenters. The summed E-state index contributed by atoms with van der Waals surface area (Å²) in [5.74, 6) is 0. The topological polar surface area (TPSA) is 41.6 Å². The maximum absolute atomic E-state index is 4.48. The van der Waals surface area contributed by atoms with Crippen LogP contribution in [0.1, 0.15) is 0 Å². The fraction of sp³-hybridized carbons (Fsp3) is 0. The summed E-state index contributed by atoms with van der Waals surface area (Å²) in [4.78, 5) is 11.9. The normalized spacial score (nSPS) is 11.2. The maximum atomic E-state index is 4.48. The third-order valence-electron chi connectivity index (χ3n) is 2.25. The molecule has 3 nitrogen and oxygen atoms in total. The Bertz CT molecular complexity index is 615. The van der Waals surface area contributed by atoms with Gasteiger partial charge in [0.05, 0.1) is 0 Å². The van der Waals surface area contributed by atoms with E-state index in [-0.39, 0.29) is 0 Å². The van der Waals surface area contributed by atoms with E-state index in [1.54, 1.807) is 6.33 Å². The third-order valence-corrected chi connectivity index (χ3v) is 2.93. The van der Waals surface area contributed by atoms with E-state index in [0.717, 1.165) is 26.4 Å². The number of imidazole rings is 1. The number of aromatic nitrogens is 3. The van der Waals surface area contributed by atoms with Gasteiger partial charge in [-0.3, -0.25) is 0 Å². The van der Waals surface area contributed by atoms with Crippen LogP contribution >= 0.6 is 0 Å². The molecule has 14 heavy (non-hydrogen) atoms. The number of aromatic amines is 1. The van der Waals surface area contributed by atoms with Crippen LogP contribution in [0.5, 0.6) is 0 Å². The summed E-state index contributed by atoms with van der Waals surface area (Å²) < 4.78 is 0.934. The molecule has 0 aliphatic carbocycles. The van der Waals surface area contributed by atoms with Crippen LogP contribution in [0.25, 0.3) is 21.9 Å². The van der Waals surface area contributed by atoms with Crippen molar-refractivity contribution >= 4 is 43.3 Å². The standard InChI is InChI=1S/C10H6AsN3/c11-10-9-8(12-5-13-9)6-3-1-2-4-7(6)14-10/h1-5H,(H,12,13). The van der Waals surface area contributed by atoms with Crippen molar-refractivity contribution < 1.29 is 0 Å². The number of nitrogens with one attached hydrogen (secondary N) is 1. The molecular formula is C10H6AsN3. The molecule has 0 spiro atoms. The van der Waals surface area contributed by atoms with Crippen LogP contribution in [-0.4, -0.2) is 31.8 Å². The van der Waals surface area contributed by atoms with Gasteiger partial charge in [-0.15, -0.1) is 0 Å². The fourth-order valence-corrected chi connectivity index (χ4v) is 2.19. The summed E-state index contributed by atoms with van der Waals surface area (Å²) in [6, 6.07) is 8.03. The van der Waals surface area contributed by atoms with Crippen molar-refractivity contribution in [2.45, 2.75) is 0 Å². The molecule has 0 aliphatic heterocycles. The zero-order valence-electron chi connectivity index (χ0n) is 7.23. The summed E-state index contributed by atoms with van der Waals surface area (Å²) in [5.41, 5.74) is 2.98. The molecule has 0 amide bonds. The van der Waals surface area contributed by atoms with Gasteiger partial charge in [0.2, 0.25) is 0 Å². The van der Waals surface area contributed by atoms with Crippen molar-refractivity contribution in [3.05, 3.63) is 30.6 Å². The number of hydrogen-bond acceptors (Lipinski definition) is 2. The Morgan fingerprint density at radius 1 is 1.21 bits per heavy atom. The molecule has 2 radical (unpaired) electrons. The van der Waals surface area contributed by atoms with E-state index in [1.807, 2.05) is 24.3 Å². The summed E-state index contributed by atoms with van der Waals surface area (Å²) in [7, 11) is 0. The Kier molecular flexibility index (Phi) is 1.61. The molecule has 3 rings (SSSR count). The quantitative estimate of drug-likeness (QED) is 0.596. The SMILES string of the molecule is [As]c1nc2ccccc2c2nc[nH]c12. The second-order valence-corrected chi connectivity index (χ2v) is 3.97. The minimum atomic E-state index is 0.934. The average Bonchev–Trinajstić information content (AvgIpc) is 2.67. The number of nitrogens with zero attached hydrogens (tertiary/aromatic N) is 2. The van der Waals surface area contributed by atoms with Crippen molar-refractivity contribution in [2.24, 2.45) is 0 Å². The van der Waals surface area contributed by atoms with Gasteiger partial charge in [-0.25, -0.2) is 0 Å². The zero-order chi connectivity index (χ0) is 9.54. The molecule has 2 heterocycles. The summed E-state index contributed by atoms with van der Waals surface area (Å²) in [6.07, 6.45) is 1.70. The van der Waals surface area contributed by atoms with Gasteiger partial charge >= 0.3 is 88.8 Å². The Morgan fingerprint density at radius 2 is 2.07 bits per heavy atom. The van der Waals surface area contributed by atoms with Gasteiger partial charge in [-0.1, -0.05) is 0 Å². The monoisotopic (exact) mass is 243 g/mol. The minimum absolute atomic E-state index is 0.934. The van der Waals surface area contributed by atoms with Crippen molar-refractivity contribution in [2.75, 3.05) is 0 Å². The Balaban J connectivity index is 2.66. The molecule has 0 saturated carbocycles. The first-order chi connectivity index (χ1) is 6.86. The molecule has 0 saturated heterocycles. The van der Waals surface area contributed by atoms with Crippen LogP contribution < -0.4 is 4.48 Å². The number of rotatable bonds is 0. The van der Waals surface area contributed by atoms with E-state index in [1.165, 1.54) is 0 Å². The molecule has 2 aromatic heterocycles. The van der Waals surface area contributed by atoms with E-state index >= 15 is 0 Å². The third kappa shape index (κ3) is 0.992.